The van der Waals surface area contributed by atoms with Crippen molar-refractivity contribution in [1.82, 2.24) is 10.6 Å². The number of anilines is 2. The number of terminal acetylenes is 1. The van der Waals surface area contributed by atoms with Gasteiger partial charge in [-0.05, 0) is 42.8 Å². The molecule has 1 aliphatic heterocycles. The van der Waals surface area contributed by atoms with E-state index in [0.717, 1.165) is 35.8 Å². The van der Waals surface area contributed by atoms with Crippen molar-refractivity contribution < 1.29 is 4.79 Å². The third-order valence-electron chi connectivity index (χ3n) is 4.66. The molecule has 1 heterocycles. The molecule has 0 aliphatic carbocycles. The first-order valence-electron chi connectivity index (χ1n) is 9.41. The first-order valence-corrected chi connectivity index (χ1v) is 9.79. The van der Waals surface area contributed by atoms with Gasteiger partial charge in [-0.25, -0.2) is 0 Å². The van der Waals surface area contributed by atoms with E-state index >= 15 is 0 Å². The van der Waals surface area contributed by atoms with Crippen LogP contribution < -0.4 is 20.9 Å². The number of nitrogens with zero attached hydrogens (tertiary/aromatic N) is 2. The van der Waals surface area contributed by atoms with Gasteiger partial charge in [-0.2, -0.15) is 0 Å². The molecule has 1 saturated heterocycles. The van der Waals surface area contributed by atoms with E-state index in [4.69, 9.17) is 18.0 Å². The summed E-state index contributed by atoms with van der Waals surface area (Å²) in [6, 6.07) is 15.3. The fraction of sp³-hybridized carbons (Fsp3) is 0.273. The normalized spacial score (nSPS) is 15.7. The molecule has 0 spiro atoms. The van der Waals surface area contributed by atoms with Gasteiger partial charge in [0.05, 0.1) is 6.54 Å². The van der Waals surface area contributed by atoms with Gasteiger partial charge < -0.3 is 20.9 Å². The van der Waals surface area contributed by atoms with Gasteiger partial charge in [-0.1, -0.05) is 29.7 Å². The van der Waals surface area contributed by atoms with Crippen molar-refractivity contribution >= 4 is 58.8 Å². The summed E-state index contributed by atoms with van der Waals surface area (Å²) in [5.41, 5.74) is 2.50. The lowest BCUT2D eigenvalue weighted by atomic mass is 10.2. The zero-order valence-corrected chi connectivity index (χ0v) is 19.8. The molecule has 0 radical (unpaired) electrons. The van der Waals surface area contributed by atoms with Gasteiger partial charge in [0, 0.05) is 48.1 Å². The number of aliphatic imine (C=N–C) groups is 1. The van der Waals surface area contributed by atoms with Crippen molar-refractivity contribution in [3.63, 3.8) is 0 Å². The third kappa shape index (κ3) is 6.82. The van der Waals surface area contributed by atoms with Crippen LogP contribution in [0.3, 0.4) is 0 Å². The maximum Gasteiger partial charge on any atom is 0.243 e. The summed E-state index contributed by atoms with van der Waals surface area (Å²) in [4.78, 5) is 18.7. The van der Waals surface area contributed by atoms with E-state index in [2.05, 4.69) is 37.8 Å². The second-order valence-corrected chi connectivity index (χ2v) is 7.19. The van der Waals surface area contributed by atoms with Crippen molar-refractivity contribution in [2.75, 3.05) is 36.9 Å². The summed E-state index contributed by atoms with van der Waals surface area (Å²) >= 11 is 6.09. The van der Waals surface area contributed by atoms with E-state index in [-0.39, 0.29) is 42.5 Å². The molecule has 3 N–H and O–H groups in total. The minimum Gasteiger partial charge on any atom is -0.369 e. The van der Waals surface area contributed by atoms with Crippen molar-refractivity contribution in [2.45, 2.75) is 12.5 Å². The Labute approximate surface area is 199 Å². The monoisotopic (exact) mass is 537 g/mol. The lowest BCUT2D eigenvalue weighted by molar-refractivity contribution is -0.115. The fourth-order valence-corrected chi connectivity index (χ4v) is 3.41. The number of halogens is 2. The number of amides is 1. The second kappa shape index (κ2) is 11.7. The highest BCUT2D eigenvalue weighted by molar-refractivity contribution is 14.0. The lowest BCUT2D eigenvalue weighted by Crippen LogP contribution is -2.46. The highest BCUT2D eigenvalue weighted by Gasteiger charge is 2.23. The molecular weight excluding hydrogens is 513 g/mol. The van der Waals surface area contributed by atoms with Crippen LogP contribution in [0, 0.1) is 12.3 Å². The highest BCUT2D eigenvalue weighted by atomic mass is 127. The largest absolute Gasteiger partial charge is 0.369 e. The summed E-state index contributed by atoms with van der Waals surface area (Å²) in [5, 5.41) is 9.99. The third-order valence-corrected chi connectivity index (χ3v) is 4.89. The Hall–Kier alpha value is -2.44. The number of benzene rings is 2. The van der Waals surface area contributed by atoms with Crippen molar-refractivity contribution in [2.24, 2.45) is 4.99 Å². The number of hydrogen-bond acceptors (Lipinski definition) is 3. The molecule has 30 heavy (non-hydrogen) atoms. The van der Waals surface area contributed by atoms with Crippen LogP contribution >= 0.6 is 35.6 Å². The summed E-state index contributed by atoms with van der Waals surface area (Å²) in [6.07, 6.45) is 6.36. The number of rotatable bonds is 5. The van der Waals surface area contributed by atoms with E-state index in [1.54, 1.807) is 19.2 Å². The van der Waals surface area contributed by atoms with Crippen LogP contribution in [0.1, 0.15) is 12.0 Å². The quantitative estimate of drug-likeness (QED) is 0.237. The molecule has 1 aliphatic rings. The van der Waals surface area contributed by atoms with Crippen molar-refractivity contribution in [3.05, 3.63) is 59.1 Å². The summed E-state index contributed by atoms with van der Waals surface area (Å²) in [6.45, 7) is 1.87. The molecule has 2 aromatic rings. The van der Waals surface area contributed by atoms with Gasteiger partial charge in [0.15, 0.2) is 5.96 Å². The van der Waals surface area contributed by atoms with E-state index in [9.17, 15) is 4.79 Å². The van der Waals surface area contributed by atoms with Gasteiger partial charge in [-0.15, -0.1) is 30.4 Å². The number of carbonyl (C=O) groups is 1. The predicted octanol–water partition coefficient (Wildman–Crippen LogP) is 3.32. The Morgan fingerprint density at radius 3 is 2.83 bits per heavy atom. The van der Waals surface area contributed by atoms with Crippen LogP contribution in [0.5, 0.6) is 0 Å². The fourth-order valence-electron chi connectivity index (χ4n) is 3.23. The second-order valence-electron chi connectivity index (χ2n) is 6.75. The molecule has 1 unspecified atom stereocenters. The Morgan fingerprint density at radius 1 is 1.30 bits per heavy atom. The average Bonchev–Trinajstić information content (AvgIpc) is 3.20. The van der Waals surface area contributed by atoms with Crippen LogP contribution in [-0.2, 0) is 4.79 Å². The lowest BCUT2D eigenvalue weighted by Gasteiger charge is -2.20. The van der Waals surface area contributed by atoms with E-state index < -0.39 is 0 Å². The first-order chi connectivity index (χ1) is 14.1. The zero-order valence-electron chi connectivity index (χ0n) is 16.7. The van der Waals surface area contributed by atoms with Crippen molar-refractivity contribution in [3.8, 4) is 12.3 Å². The SMILES string of the molecule is C#Cc1cccc(NC(=O)CNC(=NC)NC2CCN(c3cccc(Cl)c3)C2)c1.I. The minimum atomic E-state index is -0.172. The summed E-state index contributed by atoms with van der Waals surface area (Å²) in [5.74, 6) is 2.97. The van der Waals surface area contributed by atoms with Crippen LogP contribution in [0.15, 0.2) is 53.5 Å². The van der Waals surface area contributed by atoms with E-state index in [1.807, 2.05) is 30.3 Å². The standard InChI is InChI=1S/C22H24ClN5O.HI/c1-3-16-6-4-8-18(12-16)26-21(29)14-25-22(24-2)27-19-10-11-28(15-19)20-9-5-7-17(23)13-20;/h1,4-9,12-13,19H,10-11,14-15H2,2H3,(H,26,29)(H2,24,25,27);1H. The number of carbonyl (C=O) groups excluding carboxylic acids is 1. The zero-order chi connectivity index (χ0) is 20.6. The highest BCUT2D eigenvalue weighted by Crippen LogP contribution is 2.23. The first kappa shape index (κ1) is 23.8. The molecule has 2 aromatic carbocycles. The van der Waals surface area contributed by atoms with E-state index in [1.165, 1.54) is 0 Å². The van der Waals surface area contributed by atoms with Crippen LogP contribution in [-0.4, -0.2) is 44.6 Å². The Morgan fingerprint density at radius 2 is 2.10 bits per heavy atom. The molecular formula is C22H25ClIN5O. The summed E-state index contributed by atoms with van der Waals surface area (Å²) in [7, 11) is 1.69. The summed E-state index contributed by atoms with van der Waals surface area (Å²) < 4.78 is 0. The Balaban J connectivity index is 0.00000320. The van der Waals surface area contributed by atoms with Crippen LogP contribution in [0.4, 0.5) is 11.4 Å². The Kier molecular flexibility index (Phi) is 9.27. The maximum absolute atomic E-state index is 12.2. The molecule has 1 amide bonds. The number of hydrogen-bond donors (Lipinski definition) is 3. The molecule has 3 rings (SSSR count). The average molecular weight is 538 g/mol. The Bertz CT molecular complexity index is 943. The maximum atomic E-state index is 12.2. The van der Waals surface area contributed by atoms with Gasteiger partial charge in [0.25, 0.3) is 0 Å². The number of nitrogens with one attached hydrogen (secondary N) is 3. The predicted molar refractivity (Wildman–Crippen MR) is 135 cm³/mol. The van der Waals surface area contributed by atoms with Crippen molar-refractivity contribution in [1.29, 1.82) is 0 Å². The smallest absolute Gasteiger partial charge is 0.243 e. The van der Waals surface area contributed by atoms with Gasteiger partial charge in [0.1, 0.15) is 0 Å². The molecule has 0 saturated carbocycles. The van der Waals surface area contributed by atoms with Crippen LogP contribution in [0.25, 0.3) is 0 Å². The molecule has 1 fully saturated rings. The minimum absolute atomic E-state index is 0. The van der Waals surface area contributed by atoms with Crippen LogP contribution in [0.2, 0.25) is 5.02 Å². The molecule has 0 aromatic heterocycles. The molecule has 0 bridgehead atoms. The number of guanidine groups is 1. The van der Waals surface area contributed by atoms with Gasteiger partial charge in [0.2, 0.25) is 5.91 Å². The topological polar surface area (TPSA) is 68.8 Å². The van der Waals surface area contributed by atoms with E-state index in [0.29, 0.717) is 11.6 Å². The van der Waals surface area contributed by atoms with Gasteiger partial charge >= 0.3 is 0 Å². The molecule has 6 nitrogen and oxygen atoms in total. The molecule has 1 atom stereocenters. The molecule has 158 valence electrons. The van der Waals surface area contributed by atoms with Gasteiger partial charge in [-0.3, -0.25) is 9.79 Å². The molecule has 8 heteroatoms.